The lowest BCUT2D eigenvalue weighted by Gasteiger charge is -2.37. The van der Waals surface area contributed by atoms with Gasteiger partial charge < -0.3 is 43.7 Å². The van der Waals surface area contributed by atoms with Gasteiger partial charge in [-0.2, -0.15) is 0 Å². The fraction of sp³-hybridized carbons (Fsp3) is 0.371. The van der Waals surface area contributed by atoms with Crippen molar-refractivity contribution in [3.63, 3.8) is 0 Å². The molecule has 2 aliphatic heterocycles. The predicted molar refractivity (Wildman–Crippen MR) is 178 cm³/mol. The summed E-state index contributed by atoms with van der Waals surface area (Å²) in [5, 5.41) is 31.0. The summed E-state index contributed by atoms with van der Waals surface area (Å²) >= 11 is 0. The van der Waals surface area contributed by atoms with Gasteiger partial charge in [0.25, 0.3) is 5.69 Å². The van der Waals surface area contributed by atoms with E-state index in [0.717, 1.165) is 12.1 Å². The number of amides is 2. The molecular weight excluding hydrogens is 670 g/mol. The van der Waals surface area contributed by atoms with Crippen molar-refractivity contribution in [2.75, 3.05) is 35.0 Å². The van der Waals surface area contributed by atoms with Gasteiger partial charge in [-0.3, -0.25) is 24.5 Å². The Bertz CT molecular complexity index is 1960. The number of fused-ring (bicyclic) bond motifs is 2. The molecule has 0 saturated carbocycles. The fourth-order valence-electron chi connectivity index (χ4n) is 6.78. The molecule has 16 nitrogen and oxygen atoms in total. The molecular formula is C35H37N3O13. The number of hydrogen-bond acceptors (Lipinski definition) is 11. The standard InChI is InChI=1S/C35H37N3O13/c1-17-34(44)36(4)33(21-12-18(38(45)46)13-26(49-7)32(21)50-16-29(42)43)37(17)27(39)14-19-24(47-5)10-8-22-30(19)51-31-20(15-28(40)41)25(48-6)11-9-23(31)35(22,2)3/h8-13,17,33H,14-16H2,1-7H3,(H,40,41)(H,42,43)/t17-,33-/m0/s1. The third kappa shape index (κ3) is 6.28. The average Bonchev–Trinajstić information content (AvgIpc) is 3.30. The molecule has 0 radical (unpaired) electrons. The number of benzene rings is 3. The number of likely N-dealkylation sites (N-methyl/N-ethyl adjacent to an activating group) is 1. The summed E-state index contributed by atoms with van der Waals surface area (Å²) in [5.41, 5.74) is 0.736. The van der Waals surface area contributed by atoms with Gasteiger partial charge in [0.15, 0.2) is 18.1 Å². The van der Waals surface area contributed by atoms with Crippen molar-refractivity contribution in [1.82, 2.24) is 9.80 Å². The summed E-state index contributed by atoms with van der Waals surface area (Å²) in [6, 6.07) is 8.06. The molecule has 2 amide bonds. The highest BCUT2D eigenvalue weighted by atomic mass is 16.6. The first-order chi connectivity index (χ1) is 24.1. The van der Waals surface area contributed by atoms with E-state index < -0.39 is 71.4 Å². The number of carboxylic acid groups (broad SMARTS) is 2. The highest BCUT2D eigenvalue weighted by Gasteiger charge is 2.48. The quantitative estimate of drug-likeness (QED) is 0.201. The van der Waals surface area contributed by atoms with Gasteiger partial charge in [0, 0.05) is 46.3 Å². The van der Waals surface area contributed by atoms with Crippen LogP contribution in [-0.2, 0) is 37.4 Å². The van der Waals surface area contributed by atoms with Crippen LogP contribution in [0.15, 0.2) is 36.4 Å². The molecule has 0 aromatic heterocycles. The zero-order valence-electron chi connectivity index (χ0n) is 29.0. The highest BCUT2D eigenvalue weighted by Crippen LogP contribution is 2.54. The Morgan fingerprint density at radius 3 is 1.94 bits per heavy atom. The predicted octanol–water partition coefficient (Wildman–Crippen LogP) is 4.07. The minimum Gasteiger partial charge on any atom is -0.496 e. The van der Waals surface area contributed by atoms with E-state index in [-0.39, 0.29) is 34.3 Å². The summed E-state index contributed by atoms with van der Waals surface area (Å²) in [4.78, 5) is 65.1. The Balaban J connectivity index is 1.66. The van der Waals surface area contributed by atoms with E-state index in [1.165, 1.54) is 45.1 Å². The average molecular weight is 708 g/mol. The normalized spacial score (nSPS) is 17.2. The molecule has 0 bridgehead atoms. The van der Waals surface area contributed by atoms with Crippen LogP contribution in [-0.4, -0.2) is 89.7 Å². The van der Waals surface area contributed by atoms with E-state index in [0.29, 0.717) is 28.0 Å². The van der Waals surface area contributed by atoms with Gasteiger partial charge in [0.1, 0.15) is 35.2 Å². The Hall–Kier alpha value is -6.06. The zero-order chi connectivity index (χ0) is 37.5. The molecule has 1 fully saturated rings. The molecule has 5 rings (SSSR count). The first-order valence-electron chi connectivity index (χ1n) is 15.7. The molecule has 2 aliphatic rings. The summed E-state index contributed by atoms with van der Waals surface area (Å²) in [5.74, 6) is -2.83. The first-order valence-corrected chi connectivity index (χ1v) is 15.7. The lowest BCUT2D eigenvalue weighted by Crippen LogP contribution is -2.39. The molecule has 2 N–H and O–H groups in total. The number of carbonyl (C=O) groups is 4. The third-order valence-electron chi connectivity index (χ3n) is 9.24. The summed E-state index contributed by atoms with van der Waals surface area (Å²) in [6.45, 7) is 4.53. The van der Waals surface area contributed by atoms with Crippen molar-refractivity contribution in [1.29, 1.82) is 0 Å². The van der Waals surface area contributed by atoms with Crippen LogP contribution in [0.2, 0.25) is 0 Å². The maximum atomic E-state index is 14.6. The summed E-state index contributed by atoms with van der Waals surface area (Å²) in [7, 11) is 5.46. The number of methoxy groups -OCH3 is 3. The number of rotatable bonds is 12. The fourth-order valence-corrected chi connectivity index (χ4v) is 6.78. The van der Waals surface area contributed by atoms with Gasteiger partial charge >= 0.3 is 11.9 Å². The molecule has 3 aromatic carbocycles. The van der Waals surface area contributed by atoms with Crippen LogP contribution in [0.4, 0.5) is 5.69 Å². The van der Waals surface area contributed by atoms with Crippen molar-refractivity contribution < 1.29 is 58.0 Å². The van der Waals surface area contributed by atoms with Gasteiger partial charge in [-0.1, -0.05) is 26.0 Å². The summed E-state index contributed by atoms with van der Waals surface area (Å²) in [6.07, 6.45) is -2.08. The van der Waals surface area contributed by atoms with Crippen LogP contribution in [0.3, 0.4) is 0 Å². The van der Waals surface area contributed by atoms with Crippen LogP contribution in [0.1, 0.15) is 54.8 Å². The molecule has 51 heavy (non-hydrogen) atoms. The largest absolute Gasteiger partial charge is 0.496 e. The van der Waals surface area contributed by atoms with E-state index in [9.17, 15) is 39.5 Å². The summed E-state index contributed by atoms with van der Waals surface area (Å²) < 4.78 is 28.6. The Morgan fingerprint density at radius 2 is 1.45 bits per heavy atom. The number of nitro groups is 1. The molecule has 3 aromatic rings. The molecule has 2 heterocycles. The molecule has 2 atom stereocenters. The maximum absolute atomic E-state index is 14.6. The number of non-ortho nitro benzene ring substituents is 1. The first kappa shape index (κ1) is 36.2. The van der Waals surface area contributed by atoms with Gasteiger partial charge in [-0.15, -0.1) is 0 Å². The molecule has 0 spiro atoms. The van der Waals surface area contributed by atoms with E-state index in [1.807, 2.05) is 13.8 Å². The molecule has 1 saturated heterocycles. The van der Waals surface area contributed by atoms with Crippen LogP contribution in [0.25, 0.3) is 0 Å². The van der Waals surface area contributed by atoms with Crippen LogP contribution in [0, 0.1) is 10.1 Å². The Morgan fingerprint density at radius 1 is 0.902 bits per heavy atom. The van der Waals surface area contributed by atoms with Gasteiger partial charge in [0.2, 0.25) is 11.8 Å². The van der Waals surface area contributed by atoms with Crippen molar-refractivity contribution in [2.45, 2.75) is 51.2 Å². The number of carbonyl (C=O) groups excluding carboxylic acids is 2. The Labute approximate surface area is 292 Å². The number of ether oxygens (including phenoxy) is 5. The van der Waals surface area contributed by atoms with Gasteiger partial charge in [-0.05, 0) is 19.1 Å². The lowest BCUT2D eigenvalue weighted by molar-refractivity contribution is -0.385. The molecule has 16 heteroatoms. The van der Waals surface area contributed by atoms with Crippen molar-refractivity contribution in [2.24, 2.45) is 0 Å². The minimum absolute atomic E-state index is 0.0466. The highest BCUT2D eigenvalue weighted by molar-refractivity contribution is 5.93. The van der Waals surface area contributed by atoms with E-state index in [4.69, 9.17) is 23.7 Å². The molecule has 270 valence electrons. The van der Waals surface area contributed by atoms with E-state index in [2.05, 4.69) is 0 Å². The van der Waals surface area contributed by atoms with E-state index >= 15 is 0 Å². The monoisotopic (exact) mass is 707 g/mol. The smallest absolute Gasteiger partial charge is 0.341 e. The number of nitro benzene ring substituents is 1. The second kappa shape index (κ2) is 13.7. The van der Waals surface area contributed by atoms with Crippen molar-refractivity contribution in [3.05, 3.63) is 74.3 Å². The lowest BCUT2D eigenvalue weighted by atomic mass is 9.74. The van der Waals surface area contributed by atoms with Crippen LogP contribution >= 0.6 is 0 Å². The van der Waals surface area contributed by atoms with E-state index in [1.54, 1.807) is 24.3 Å². The second-order valence-electron chi connectivity index (χ2n) is 12.5. The topological polar surface area (TPSA) is 205 Å². The SMILES string of the molecule is COc1ccc2c(c1CC(=O)O)Oc1c(ccc(OC)c1CC(=O)N1[C@@H](C)C(=O)N(C)[C@@H]1c1cc([N+](=O)[O-])cc(OC)c1OCC(=O)O)C2(C)C. The zero-order valence-corrected chi connectivity index (χ0v) is 29.0. The van der Waals surface area contributed by atoms with Crippen LogP contribution < -0.4 is 23.7 Å². The number of carboxylic acids is 2. The Kier molecular flexibility index (Phi) is 9.72. The number of nitrogens with zero attached hydrogens (tertiary/aromatic N) is 3. The van der Waals surface area contributed by atoms with Crippen LogP contribution in [0.5, 0.6) is 34.5 Å². The number of aliphatic carboxylic acids is 2. The number of hydrogen-bond donors (Lipinski definition) is 2. The van der Waals surface area contributed by atoms with Crippen molar-refractivity contribution in [3.8, 4) is 34.5 Å². The molecule has 0 aliphatic carbocycles. The van der Waals surface area contributed by atoms with Crippen molar-refractivity contribution >= 4 is 29.4 Å². The maximum Gasteiger partial charge on any atom is 0.341 e. The minimum atomic E-state index is -1.34. The second-order valence-corrected chi connectivity index (χ2v) is 12.5. The third-order valence-corrected chi connectivity index (χ3v) is 9.24. The van der Waals surface area contributed by atoms with Gasteiger partial charge in [-0.25, -0.2) is 4.79 Å². The molecule has 0 unspecified atom stereocenters. The van der Waals surface area contributed by atoms with Gasteiger partial charge in [0.05, 0.1) is 45.2 Å².